The molecule has 0 bridgehead atoms. The molecule has 1 unspecified atom stereocenters. The highest BCUT2D eigenvalue weighted by atomic mass is 32.2. The highest BCUT2D eigenvalue weighted by molar-refractivity contribution is 7.90. The van der Waals surface area contributed by atoms with E-state index in [1.165, 1.54) is 6.26 Å². The van der Waals surface area contributed by atoms with Gasteiger partial charge in [-0.2, -0.15) is 0 Å². The maximum Gasteiger partial charge on any atom is 0.191 e. The van der Waals surface area contributed by atoms with Gasteiger partial charge in [0.15, 0.2) is 11.7 Å². The Labute approximate surface area is 154 Å². The average molecular weight is 378 g/mol. The van der Waals surface area contributed by atoms with Gasteiger partial charge in [-0.05, 0) is 20.3 Å². The highest BCUT2D eigenvalue weighted by Crippen LogP contribution is 2.19. The van der Waals surface area contributed by atoms with Gasteiger partial charge in [-0.3, -0.25) is 0 Å². The average Bonchev–Trinajstić information content (AvgIpc) is 3.07. The lowest BCUT2D eigenvalue weighted by Crippen LogP contribution is -2.42. The van der Waals surface area contributed by atoms with Crippen molar-refractivity contribution in [1.82, 2.24) is 15.8 Å². The first-order valence-corrected chi connectivity index (χ1v) is 10.7. The molecule has 7 nitrogen and oxygen atoms in total. The number of aliphatic imine (C=N–C) groups is 1. The first-order valence-electron chi connectivity index (χ1n) is 8.61. The molecule has 1 aromatic heterocycles. The van der Waals surface area contributed by atoms with E-state index in [0.717, 1.165) is 11.3 Å². The van der Waals surface area contributed by atoms with E-state index in [1.54, 1.807) is 0 Å². The molecule has 0 saturated carbocycles. The van der Waals surface area contributed by atoms with Crippen molar-refractivity contribution in [3.63, 3.8) is 0 Å². The van der Waals surface area contributed by atoms with Crippen LogP contribution >= 0.6 is 0 Å². The van der Waals surface area contributed by atoms with Crippen molar-refractivity contribution in [2.24, 2.45) is 4.99 Å². The van der Waals surface area contributed by atoms with Crippen LogP contribution < -0.4 is 10.6 Å². The molecule has 0 fully saturated rings. The fourth-order valence-electron chi connectivity index (χ4n) is 2.30. The second kappa shape index (κ2) is 9.38. The zero-order valence-electron chi connectivity index (χ0n) is 15.4. The number of hydrogen-bond acceptors (Lipinski definition) is 5. The molecule has 0 radical (unpaired) electrons. The van der Waals surface area contributed by atoms with Crippen LogP contribution in [0.5, 0.6) is 0 Å². The molecule has 0 aliphatic rings. The van der Waals surface area contributed by atoms with Gasteiger partial charge in [0.05, 0.1) is 12.3 Å². The normalized spacial score (nSPS) is 13.4. The Kier molecular flexibility index (Phi) is 7.20. The fraction of sp³-hybridized carbons (Fsp3) is 0.444. The van der Waals surface area contributed by atoms with Crippen LogP contribution in [0.4, 0.5) is 0 Å². The van der Waals surface area contributed by atoms with Gasteiger partial charge < -0.3 is 15.2 Å². The molecule has 2 aromatic rings. The number of aromatic nitrogens is 1. The first kappa shape index (κ1) is 20.0. The van der Waals surface area contributed by atoms with Crippen LogP contribution in [0.25, 0.3) is 11.3 Å². The van der Waals surface area contributed by atoms with E-state index in [-0.39, 0.29) is 11.8 Å². The van der Waals surface area contributed by atoms with Crippen molar-refractivity contribution in [3.05, 3.63) is 42.1 Å². The highest BCUT2D eigenvalue weighted by Gasteiger charge is 2.10. The van der Waals surface area contributed by atoms with Gasteiger partial charge in [0.1, 0.15) is 15.5 Å². The third-order valence-electron chi connectivity index (χ3n) is 3.67. The van der Waals surface area contributed by atoms with Crippen molar-refractivity contribution in [2.45, 2.75) is 32.9 Å². The van der Waals surface area contributed by atoms with Crippen LogP contribution in [-0.4, -0.2) is 44.1 Å². The summed E-state index contributed by atoms with van der Waals surface area (Å²) in [6.45, 7) is 4.98. The van der Waals surface area contributed by atoms with Crippen molar-refractivity contribution in [3.8, 4) is 11.3 Å². The quantitative estimate of drug-likeness (QED) is 0.540. The lowest BCUT2D eigenvalue weighted by Gasteiger charge is -2.17. The number of nitrogens with one attached hydrogen (secondary N) is 2. The molecule has 26 heavy (non-hydrogen) atoms. The number of guanidine groups is 1. The summed E-state index contributed by atoms with van der Waals surface area (Å²) >= 11 is 0. The number of nitrogens with zero attached hydrogens (tertiary/aromatic N) is 2. The van der Waals surface area contributed by atoms with E-state index in [0.29, 0.717) is 31.2 Å². The molecule has 1 atom stereocenters. The van der Waals surface area contributed by atoms with E-state index in [4.69, 9.17) is 4.52 Å². The molecule has 0 aliphatic carbocycles. The van der Waals surface area contributed by atoms with E-state index in [2.05, 4.69) is 20.8 Å². The van der Waals surface area contributed by atoms with E-state index < -0.39 is 9.84 Å². The third kappa shape index (κ3) is 6.87. The third-order valence-corrected chi connectivity index (χ3v) is 4.64. The Bertz CT molecular complexity index is 816. The Balaban J connectivity index is 1.97. The molecule has 2 rings (SSSR count). The molecule has 2 N–H and O–H groups in total. The molecule has 1 heterocycles. The Morgan fingerprint density at radius 1 is 1.31 bits per heavy atom. The first-order chi connectivity index (χ1) is 12.4. The molecule has 0 spiro atoms. The Hall–Kier alpha value is -2.35. The van der Waals surface area contributed by atoms with E-state index >= 15 is 0 Å². The van der Waals surface area contributed by atoms with Crippen molar-refractivity contribution >= 4 is 15.8 Å². The molecule has 142 valence electrons. The summed E-state index contributed by atoms with van der Waals surface area (Å²) in [5.74, 6) is 1.47. The van der Waals surface area contributed by atoms with Gasteiger partial charge in [-0.1, -0.05) is 35.5 Å². The molecule has 0 amide bonds. The van der Waals surface area contributed by atoms with Crippen molar-refractivity contribution < 1.29 is 12.9 Å². The largest absolute Gasteiger partial charge is 0.357 e. The standard InChI is InChI=1S/C18H26N4O3S/c1-4-19-18(21-14(2)10-11-26(3,23)24)20-13-16-12-17(25-22-16)15-8-6-5-7-9-15/h5-9,12,14H,4,10-11,13H2,1-3H3,(H2,19,20,21). The maximum absolute atomic E-state index is 11.3. The van der Waals surface area contributed by atoms with Crippen LogP contribution in [0.2, 0.25) is 0 Å². The van der Waals surface area contributed by atoms with Gasteiger partial charge in [0.2, 0.25) is 0 Å². The summed E-state index contributed by atoms with van der Waals surface area (Å²) in [6.07, 6.45) is 1.76. The number of benzene rings is 1. The fourth-order valence-corrected chi connectivity index (χ4v) is 3.08. The summed E-state index contributed by atoms with van der Waals surface area (Å²) in [5, 5.41) is 10.4. The van der Waals surface area contributed by atoms with Gasteiger partial charge in [-0.15, -0.1) is 0 Å². The smallest absolute Gasteiger partial charge is 0.191 e. The summed E-state index contributed by atoms with van der Waals surface area (Å²) < 4.78 is 27.9. The lowest BCUT2D eigenvalue weighted by atomic mass is 10.2. The van der Waals surface area contributed by atoms with Crippen LogP contribution in [-0.2, 0) is 16.4 Å². The minimum Gasteiger partial charge on any atom is -0.357 e. The predicted molar refractivity (Wildman–Crippen MR) is 104 cm³/mol. The summed E-state index contributed by atoms with van der Waals surface area (Å²) in [5.41, 5.74) is 1.69. The van der Waals surface area contributed by atoms with Crippen LogP contribution in [0.15, 0.2) is 45.9 Å². The molecule has 0 saturated heterocycles. The molecule has 1 aromatic carbocycles. The minimum atomic E-state index is -2.97. The summed E-state index contributed by atoms with van der Waals surface area (Å²) in [4.78, 5) is 4.50. The second-order valence-corrected chi connectivity index (χ2v) is 8.47. The minimum absolute atomic E-state index is 0.0142. The molecular weight excluding hydrogens is 352 g/mol. The van der Waals surface area contributed by atoms with Crippen molar-refractivity contribution in [1.29, 1.82) is 0 Å². The zero-order chi connectivity index (χ0) is 19.0. The monoisotopic (exact) mass is 378 g/mol. The summed E-state index contributed by atoms with van der Waals surface area (Å²) in [7, 11) is -2.97. The lowest BCUT2D eigenvalue weighted by molar-refractivity contribution is 0.424. The van der Waals surface area contributed by atoms with Crippen LogP contribution in [0.1, 0.15) is 26.0 Å². The summed E-state index contributed by atoms with van der Waals surface area (Å²) in [6, 6.07) is 11.6. The number of rotatable bonds is 8. The Morgan fingerprint density at radius 2 is 2.04 bits per heavy atom. The number of hydrogen-bond donors (Lipinski definition) is 2. The zero-order valence-corrected chi connectivity index (χ0v) is 16.2. The predicted octanol–water partition coefficient (Wildman–Crippen LogP) is 2.22. The SMILES string of the molecule is CCNC(=NCc1cc(-c2ccccc2)on1)NC(C)CCS(C)(=O)=O. The molecule has 8 heteroatoms. The topological polar surface area (TPSA) is 96.6 Å². The molecule has 0 aliphatic heterocycles. The van der Waals surface area contributed by atoms with Gasteiger partial charge in [0, 0.05) is 30.5 Å². The Morgan fingerprint density at radius 3 is 2.69 bits per heavy atom. The van der Waals surface area contributed by atoms with E-state index in [9.17, 15) is 8.42 Å². The van der Waals surface area contributed by atoms with Gasteiger partial charge in [-0.25, -0.2) is 13.4 Å². The van der Waals surface area contributed by atoms with Crippen LogP contribution in [0.3, 0.4) is 0 Å². The second-order valence-electron chi connectivity index (χ2n) is 6.21. The molecular formula is C18H26N4O3S. The van der Waals surface area contributed by atoms with Gasteiger partial charge in [0.25, 0.3) is 0 Å². The van der Waals surface area contributed by atoms with Gasteiger partial charge >= 0.3 is 0 Å². The van der Waals surface area contributed by atoms with Crippen molar-refractivity contribution in [2.75, 3.05) is 18.6 Å². The van der Waals surface area contributed by atoms with Crippen LogP contribution in [0, 0.1) is 0 Å². The number of sulfone groups is 1. The maximum atomic E-state index is 11.3. The van der Waals surface area contributed by atoms with E-state index in [1.807, 2.05) is 50.2 Å².